The Morgan fingerprint density at radius 2 is 1.75 bits per heavy atom. The Morgan fingerprint density at radius 1 is 1.10 bits per heavy atom. The lowest BCUT2D eigenvalue weighted by molar-refractivity contribution is -0.124. The summed E-state index contributed by atoms with van der Waals surface area (Å²) in [6, 6.07) is 18.0. The van der Waals surface area contributed by atoms with Crippen molar-refractivity contribution < 1.29 is 9.53 Å². The van der Waals surface area contributed by atoms with E-state index in [1.54, 1.807) is 6.92 Å². The fraction of sp³-hybridized carbons (Fsp3) is 0.235. The van der Waals surface area contributed by atoms with Gasteiger partial charge in [0.1, 0.15) is 6.10 Å². The molecular weight excluding hydrogens is 250 g/mol. The zero-order valence-electron chi connectivity index (χ0n) is 11.8. The Labute approximate surface area is 119 Å². The highest BCUT2D eigenvalue weighted by Gasteiger charge is 2.13. The van der Waals surface area contributed by atoms with Crippen molar-refractivity contribution in [3.8, 4) is 0 Å². The van der Waals surface area contributed by atoms with Crippen LogP contribution in [-0.2, 0) is 16.0 Å². The van der Waals surface area contributed by atoms with Crippen molar-refractivity contribution in [2.75, 3.05) is 12.4 Å². The van der Waals surface area contributed by atoms with Gasteiger partial charge in [-0.05, 0) is 30.5 Å². The molecule has 2 rings (SSSR count). The van der Waals surface area contributed by atoms with Crippen LogP contribution < -0.4 is 5.32 Å². The second-order valence-corrected chi connectivity index (χ2v) is 4.69. The van der Waals surface area contributed by atoms with E-state index in [-0.39, 0.29) is 5.91 Å². The first kappa shape index (κ1) is 14.3. The second-order valence-electron chi connectivity index (χ2n) is 4.69. The molecule has 0 fully saturated rings. The van der Waals surface area contributed by atoms with Gasteiger partial charge in [0, 0.05) is 12.8 Å². The summed E-state index contributed by atoms with van der Waals surface area (Å²) in [7, 11) is 1.53. The summed E-state index contributed by atoms with van der Waals surface area (Å²) in [5.74, 6) is -0.131. The van der Waals surface area contributed by atoms with Gasteiger partial charge in [0.25, 0.3) is 5.91 Å². The Kier molecular flexibility index (Phi) is 4.91. The highest BCUT2D eigenvalue weighted by Crippen LogP contribution is 2.19. The van der Waals surface area contributed by atoms with E-state index in [0.29, 0.717) is 0 Å². The number of benzene rings is 2. The molecule has 3 heteroatoms. The first-order chi connectivity index (χ1) is 9.70. The van der Waals surface area contributed by atoms with E-state index in [0.717, 1.165) is 17.7 Å². The molecule has 0 bridgehead atoms. The van der Waals surface area contributed by atoms with Gasteiger partial charge < -0.3 is 10.1 Å². The zero-order chi connectivity index (χ0) is 14.4. The maximum atomic E-state index is 11.9. The molecule has 104 valence electrons. The van der Waals surface area contributed by atoms with Gasteiger partial charge in [0.15, 0.2) is 0 Å². The van der Waals surface area contributed by atoms with E-state index < -0.39 is 6.10 Å². The molecule has 2 aromatic rings. The van der Waals surface area contributed by atoms with E-state index in [4.69, 9.17) is 4.74 Å². The molecule has 0 aromatic heterocycles. The van der Waals surface area contributed by atoms with Crippen LogP contribution in [0, 0.1) is 0 Å². The van der Waals surface area contributed by atoms with E-state index in [1.165, 1.54) is 12.7 Å². The van der Waals surface area contributed by atoms with Crippen LogP contribution >= 0.6 is 0 Å². The van der Waals surface area contributed by atoms with E-state index in [9.17, 15) is 4.79 Å². The Balaban J connectivity index is 2.16. The van der Waals surface area contributed by atoms with E-state index in [2.05, 4.69) is 17.4 Å². The lowest BCUT2D eigenvalue weighted by atomic mass is 10.0. The van der Waals surface area contributed by atoms with Crippen molar-refractivity contribution in [3.05, 3.63) is 65.7 Å². The summed E-state index contributed by atoms with van der Waals surface area (Å²) >= 11 is 0. The zero-order valence-corrected chi connectivity index (χ0v) is 11.8. The molecule has 1 unspecified atom stereocenters. The lowest BCUT2D eigenvalue weighted by Crippen LogP contribution is -2.27. The predicted molar refractivity (Wildman–Crippen MR) is 80.8 cm³/mol. The van der Waals surface area contributed by atoms with Crippen molar-refractivity contribution in [1.82, 2.24) is 0 Å². The number of ether oxygens (including phenoxy) is 1. The summed E-state index contributed by atoms with van der Waals surface area (Å²) in [5.41, 5.74) is 3.15. The van der Waals surface area contributed by atoms with E-state index >= 15 is 0 Å². The van der Waals surface area contributed by atoms with Crippen LogP contribution in [0.2, 0.25) is 0 Å². The number of amides is 1. The van der Waals surface area contributed by atoms with Crippen molar-refractivity contribution in [1.29, 1.82) is 0 Å². The molecule has 0 saturated heterocycles. The number of para-hydroxylation sites is 1. The molecule has 0 aliphatic rings. The van der Waals surface area contributed by atoms with Crippen molar-refractivity contribution in [2.24, 2.45) is 0 Å². The van der Waals surface area contributed by atoms with Gasteiger partial charge >= 0.3 is 0 Å². The molecule has 0 aliphatic carbocycles. The highest BCUT2D eigenvalue weighted by molar-refractivity contribution is 5.94. The maximum Gasteiger partial charge on any atom is 0.253 e. The molecule has 0 radical (unpaired) electrons. The normalized spacial score (nSPS) is 11.9. The molecule has 3 nitrogen and oxygen atoms in total. The second kappa shape index (κ2) is 6.87. The molecule has 0 heterocycles. The lowest BCUT2D eigenvalue weighted by Gasteiger charge is -2.14. The van der Waals surface area contributed by atoms with Crippen molar-refractivity contribution >= 4 is 11.6 Å². The third-order valence-corrected chi connectivity index (χ3v) is 3.24. The fourth-order valence-corrected chi connectivity index (χ4v) is 1.95. The smallest absolute Gasteiger partial charge is 0.253 e. The maximum absolute atomic E-state index is 11.9. The molecule has 1 atom stereocenters. The minimum atomic E-state index is -0.459. The van der Waals surface area contributed by atoms with Crippen LogP contribution in [0.25, 0.3) is 0 Å². The van der Waals surface area contributed by atoms with E-state index in [1.807, 2.05) is 42.5 Å². The van der Waals surface area contributed by atoms with Gasteiger partial charge in [-0.1, -0.05) is 48.5 Å². The van der Waals surface area contributed by atoms with Crippen LogP contribution in [0.15, 0.2) is 54.6 Å². The Hall–Kier alpha value is -2.13. The third kappa shape index (κ3) is 3.68. The van der Waals surface area contributed by atoms with Crippen molar-refractivity contribution in [3.63, 3.8) is 0 Å². The van der Waals surface area contributed by atoms with Crippen LogP contribution in [0.3, 0.4) is 0 Å². The largest absolute Gasteiger partial charge is 0.372 e. The number of methoxy groups -OCH3 is 1. The van der Waals surface area contributed by atoms with Crippen LogP contribution in [0.5, 0.6) is 0 Å². The average Bonchev–Trinajstić information content (AvgIpc) is 2.49. The summed E-state index contributed by atoms with van der Waals surface area (Å²) < 4.78 is 5.03. The summed E-state index contributed by atoms with van der Waals surface area (Å²) in [6.07, 6.45) is 0.332. The molecule has 1 amide bonds. The topological polar surface area (TPSA) is 38.3 Å². The summed E-state index contributed by atoms with van der Waals surface area (Å²) in [5, 5.41) is 2.92. The standard InChI is InChI=1S/C17H19NO2/c1-13(20-2)17(19)18-16-11-7-6-10-15(16)12-14-8-4-3-5-9-14/h3-11,13H,12H2,1-2H3,(H,18,19). The number of nitrogens with one attached hydrogen (secondary N) is 1. The quantitative estimate of drug-likeness (QED) is 0.904. The van der Waals surface area contributed by atoms with Crippen molar-refractivity contribution in [2.45, 2.75) is 19.4 Å². The van der Waals surface area contributed by atoms with Gasteiger partial charge in [-0.2, -0.15) is 0 Å². The molecule has 0 saturated carbocycles. The van der Waals surface area contributed by atoms with Gasteiger partial charge in [-0.15, -0.1) is 0 Å². The number of hydrogen-bond acceptors (Lipinski definition) is 2. The first-order valence-electron chi connectivity index (χ1n) is 6.66. The monoisotopic (exact) mass is 269 g/mol. The minimum absolute atomic E-state index is 0.131. The number of carbonyl (C=O) groups excluding carboxylic acids is 1. The van der Waals surface area contributed by atoms with Crippen LogP contribution in [0.4, 0.5) is 5.69 Å². The first-order valence-corrected chi connectivity index (χ1v) is 6.66. The molecule has 1 N–H and O–H groups in total. The van der Waals surface area contributed by atoms with Gasteiger partial charge in [0.05, 0.1) is 0 Å². The molecule has 20 heavy (non-hydrogen) atoms. The molecular formula is C17H19NO2. The van der Waals surface area contributed by atoms with Crippen LogP contribution in [-0.4, -0.2) is 19.1 Å². The van der Waals surface area contributed by atoms with Gasteiger partial charge in [0.2, 0.25) is 0 Å². The molecule has 0 aliphatic heterocycles. The minimum Gasteiger partial charge on any atom is -0.372 e. The highest BCUT2D eigenvalue weighted by atomic mass is 16.5. The number of carbonyl (C=O) groups is 1. The predicted octanol–water partition coefficient (Wildman–Crippen LogP) is 3.25. The average molecular weight is 269 g/mol. The number of hydrogen-bond donors (Lipinski definition) is 1. The summed E-state index contributed by atoms with van der Waals surface area (Å²) in [4.78, 5) is 11.9. The summed E-state index contributed by atoms with van der Waals surface area (Å²) in [6.45, 7) is 1.73. The SMILES string of the molecule is COC(C)C(=O)Nc1ccccc1Cc1ccccc1. The third-order valence-electron chi connectivity index (χ3n) is 3.24. The Bertz CT molecular complexity index is 566. The Morgan fingerprint density at radius 3 is 2.45 bits per heavy atom. The molecule has 2 aromatic carbocycles. The van der Waals surface area contributed by atoms with Gasteiger partial charge in [-0.25, -0.2) is 0 Å². The van der Waals surface area contributed by atoms with Gasteiger partial charge in [-0.3, -0.25) is 4.79 Å². The van der Waals surface area contributed by atoms with Crippen LogP contribution in [0.1, 0.15) is 18.1 Å². The number of rotatable bonds is 5. The number of anilines is 1. The fourth-order valence-electron chi connectivity index (χ4n) is 1.95. The molecule has 0 spiro atoms.